The first-order valence-electron chi connectivity index (χ1n) is 9.69. The van der Waals surface area contributed by atoms with Gasteiger partial charge < -0.3 is 39.8 Å². The summed E-state index contributed by atoms with van der Waals surface area (Å²) < 4.78 is -0.142. The van der Waals surface area contributed by atoms with E-state index >= 15 is 0 Å². The minimum Gasteiger partial charge on any atom is -0.562 e. The van der Waals surface area contributed by atoms with Gasteiger partial charge in [-0.05, 0) is 24.4 Å². The van der Waals surface area contributed by atoms with E-state index < -0.39 is 34.3 Å². The maximum atomic E-state index is 11.5. The van der Waals surface area contributed by atoms with Gasteiger partial charge in [-0.3, -0.25) is 34.6 Å². The molecule has 0 fully saturated rings. The van der Waals surface area contributed by atoms with E-state index in [4.69, 9.17) is 23.7 Å². The van der Waals surface area contributed by atoms with E-state index in [2.05, 4.69) is 94.5 Å². The molecule has 0 aliphatic carbocycles. The van der Waals surface area contributed by atoms with Crippen LogP contribution in [-0.2, 0) is 16.8 Å². The first-order valence-corrected chi connectivity index (χ1v) is 10.5. The molecule has 4 rings (SSSR count). The van der Waals surface area contributed by atoms with Crippen molar-refractivity contribution in [3.8, 4) is 23.9 Å². The Morgan fingerprint density at radius 1 is 0.805 bits per heavy atom. The number of rotatable bonds is 4. The summed E-state index contributed by atoms with van der Waals surface area (Å²) in [6.07, 6.45) is 0. The van der Waals surface area contributed by atoms with Crippen molar-refractivity contribution in [3.05, 3.63) is 64.5 Å². The van der Waals surface area contributed by atoms with Crippen LogP contribution < -0.4 is 21.1 Å². The summed E-state index contributed by atoms with van der Waals surface area (Å²) >= 11 is 9.28. The van der Waals surface area contributed by atoms with Gasteiger partial charge in [-0.25, -0.2) is 11.7 Å². The Balaban J connectivity index is 0.000000280. The quantitative estimate of drug-likeness (QED) is 0.107. The van der Waals surface area contributed by atoms with Crippen LogP contribution in [0.1, 0.15) is 11.4 Å². The van der Waals surface area contributed by atoms with Crippen molar-refractivity contribution >= 4 is 59.3 Å². The fraction of sp³-hybridized carbons (Fsp3) is 0. The number of aromatic amines is 4. The molecular formula is C18H6CoN16O4S2-2. The molecular weight excluding hydrogens is 627 g/mol. The molecule has 205 valence electrons. The summed E-state index contributed by atoms with van der Waals surface area (Å²) in [6.45, 7) is 13.6. The molecule has 1 radical (unpaired) electrons. The van der Waals surface area contributed by atoms with Gasteiger partial charge in [0, 0.05) is 22.7 Å². The molecule has 23 heteroatoms. The van der Waals surface area contributed by atoms with E-state index in [1.165, 1.54) is 0 Å². The van der Waals surface area contributed by atoms with Gasteiger partial charge in [-0.1, -0.05) is 6.57 Å². The second kappa shape index (κ2) is 13.6. The summed E-state index contributed by atoms with van der Waals surface area (Å²) in [5.41, 5.74) is -2.77. The van der Waals surface area contributed by atoms with Crippen molar-refractivity contribution in [1.82, 2.24) is 39.9 Å². The van der Waals surface area contributed by atoms with Gasteiger partial charge in [0.25, 0.3) is 11.1 Å². The van der Waals surface area contributed by atoms with Crippen molar-refractivity contribution in [2.75, 3.05) is 0 Å². The molecule has 0 saturated heterocycles. The standard InChI is InChI=1S/2C9H4N8O2S.Co/c1-10-4-5(11-2)13-8(12-4)17-16-3-6(18)14-9(20)15-7(3)19;10-1-3-4(2-11)13-8(12-3)17-16-5-6(18)14-9(20)15-7(5)19;/h2*(H4,12,13,14,15,16,17,18,19,20);/p-2. The summed E-state index contributed by atoms with van der Waals surface area (Å²) in [6, 6.07) is 3.32. The third-order valence-electron chi connectivity index (χ3n) is 3.96. The van der Waals surface area contributed by atoms with E-state index in [0.717, 1.165) is 0 Å². The van der Waals surface area contributed by atoms with Crippen LogP contribution in [0.2, 0.25) is 0 Å². The molecule has 0 aliphatic heterocycles. The number of H-pyrrole nitrogens is 4. The maximum absolute atomic E-state index is 11.5. The van der Waals surface area contributed by atoms with Gasteiger partial charge in [0.1, 0.15) is 18.0 Å². The van der Waals surface area contributed by atoms with E-state index in [1.807, 2.05) is 0 Å². The molecule has 0 aliphatic rings. The van der Waals surface area contributed by atoms with Gasteiger partial charge >= 0.3 is 0 Å². The SMILES string of the molecule is N#Cc1nc(N=Nc2c(O)[nH]c(=S)[nH]c2=O)[n-]c1C#N.[C-]#[N+]c1nc(N=Nc2c(O)[nH]c(=S)[nH]c2=O)[n-]c1[N+]#[C-].[Co]. The summed E-state index contributed by atoms with van der Waals surface area (Å²) in [7, 11) is 0. The zero-order chi connectivity index (χ0) is 29.4. The summed E-state index contributed by atoms with van der Waals surface area (Å²) in [5, 5.41) is 50.2. The first-order chi connectivity index (χ1) is 19.1. The van der Waals surface area contributed by atoms with Crippen LogP contribution in [-0.4, -0.2) is 40.1 Å². The average Bonchev–Trinajstić information content (AvgIpc) is 3.50. The molecule has 4 aromatic rings. The number of azo groups is 2. The molecule has 6 N–H and O–H groups in total. The number of nitriles is 2. The Bertz CT molecular complexity index is 1870. The van der Waals surface area contributed by atoms with Crippen molar-refractivity contribution in [3.63, 3.8) is 0 Å². The van der Waals surface area contributed by atoms with Crippen LogP contribution in [0, 0.1) is 45.3 Å². The summed E-state index contributed by atoms with van der Waals surface area (Å²) in [5.74, 6) is -2.10. The zero-order valence-electron chi connectivity index (χ0n) is 19.2. The van der Waals surface area contributed by atoms with Gasteiger partial charge in [0.2, 0.25) is 23.4 Å². The predicted molar refractivity (Wildman–Crippen MR) is 133 cm³/mol. The van der Waals surface area contributed by atoms with Crippen molar-refractivity contribution in [1.29, 1.82) is 10.5 Å². The maximum Gasteiger partial charge on any atom is 0.283 e. The van der Waals surface area contributed by atoms with Crippen LogP contribution >= 0.6 is 24.4 Å². The Kier molecular flexibility index (Phi) is 10.3. The van der Waals surface area contributed by atoms with Gasteiger partial charge in [-0.2, -0.15) is 10.5 Å². The number of hydrogen-bond donors (Lipinski definition) is 6. The number of nitrogens with zero attached hydrogens (tertiary/aromatic N) is 12. The topological polar surface area (TPSA) is 297 Å². The monoisotopic (exact) mass is 633 g/mol. The third-order valence-corrected chi connectivity index (χ3v) is 4.37. The van der Waals surface area contributed by atoms with E-state index in [1.54, 1.807) is 12.1 Å². The van der Waals surface area contributed by atoms with Crippen LogP contribution in [0.15, 0.2) is 30.0 Å². The normalized spacial score (nSPS) is 10.0. The number of aromatic hydroxyl groups is 2. The zero-order valence-corrected chi connectivity index (χ0v) is 21.9. The fourth-order valence-electron chi connectivity index (χ4n) is 2.35. The van der Waals surface area contributed by atoms with Crippen molar-refractivity contribution in [2.45, 2.75) is 0 Å². The largest absolute Gasteiger partial charge is 0.562 e. The Hall–Kier alpha value is -6.11. The second-order valence-electron chi connectivity index (χ2n) is 6.45. The number of nitrogens with one attached hydrogen (secondary N) is 4. The van der Waals surface area contributed by atoms with E-state index in [9.17, 15) is 19.8 Å². The predicted octanol–water partition coefficient (Wildman–Crippen LogP) is 2.65. The number of imidazole rings is 2. The molecule has 0 bridgehead atoms. The number of aromatic nitrogens is 8. The molecule has 20 nitrogen and oxygen atoms in total. The third kappa shape index (κ3) is 7.48. The van der Waals surface area contributed by atoms with Crippen molar-refractivity contribution < 1.29 is 27.0 Å². The minimum atomic E-state index is -0.762. The molecule has 0 spiro atoms. The van der Waals surface area contributed by atoms with Crippen LogP contribution in [0.3, 0.4) is 0 Å². The van der Waals surface area contributed by atoms with Crippen molar-refractivity contribution in [2.24, 2.45) is 20.5 Å². The van der Waals surface area contributed by atoms with Gasteiger partial charge in [0.05, 0.1) is 17.2 Å². The van der Waals surface area contributed by atoms with E-state index in [0.29, 0.717) is 0 Å². The van der Waals surface area contributed by atoms with Crippen LogP contribution in [0.4, 0.5) is 34.9 Å². The molecule has 0 atom stereocenters. The fourth-order valence-corrected chi connectivity index (χ4v) is 2.73. The molecule has 0 saturated carbocycles. The Morgan fingerprint density at radius 3 is 1.68 bits per heavy atom. The smallest absolute Gasteiger partial charge is 0.283 e. The number of hydrogen-bond acceptors (Lipinski definition) is 14. The minimum absolute atomic E-state index is 0. The average molecular weight is 633 g/mol. The van der Waals surface area contributed by atoms with Crippen LogP contribution in [0.5, 0.6) is 11.8 Å². The van der Waals surface area contributed by atoms with Gasteiger partial charge in [0.15, 0.2) is 15.2 Å². The second-order valence-corrected chi connectivity index (χ2v) is 7.27. The molecule has 0 amide bonds. The molecule has 4 aromatic heterocycles. The first kappa shape index (κ1) is 31.1. The molecule has 4 heterocycles. The molecule has 0 unspecified atom stereocenters. The molecule has 41 heavy (non-hydrogen) atoms. The summed E-state index contributed by atoms with van der Waals surface area (Å²) in [4.78, 5) is 52.3. The van der Waals surface area contributed by atoms with Crippen LogP contribution in [0.25, 0.3) is 9.69 Å². The Morgan fingerprint density at radius 2 is 1.32 bits per heavy atom. The molecule has 0 aromatic carbocycles. The van der Waals surface area contributed by atoms with E-state index in [-0.39, 0.29) is 61.2 Å². The van der Waals surface area contributed by atoms with Gasteiger partial charge in [-0.15, -0.1) is 10.2 Å². The Labute approximate surface area is 245 Å².